The lowest BCUT2D eigenvalue weighted by Gasteiger charge is -2.07. The van der Waals surface area contributed by atoms with Gasteiger partial charge in [-0.05, 0) is 12.5 Å². The van der Waals surface area contributed by atoms with E-state index in [0.29, 0.717) is 24.7 Å². The number of pyridine rings is 1. The van der Waals surface area contributed by atoms with E-state index in [4.69, 9.17) is 0 Å². The molecule has 20 heavy (non-hydrogen) atoms. The summed E-state index contributed by atoms with van der Waals surface area (Å²) in [5.41, 5.74) is 1.10. The minimum absolute atomic E-state index is 0.00165. The standard InChI is InChI=1S/C12H16N6O2/c1-9-7-15-17(8-9)4-3-14-12-6-10(18(19)20)5-11(13-2)16-12/h5-8H,3-4H2,1-2H3,(H2,13,14,16). The second-order valence-electron chi connectivity index (χ2n) is 4.31. The van der Waals surface area contributed by atoms with Crippen LogP contribution in [0.25, 0.3) is 0 Å². The maximum Gasteiger partial charge on any atom is 0.276 e. The zero-order valence-corrected chi connectivity index (χ0v) is 11.3. The molecule has 2 aromatic rings. The Morgan fingerprint density at radius 1 is 1.40 bits per heavy atom. The van der Waals surface area contributed by atoms with Gasteiger partial charge in [-0.1, -0.05) is 0 Å². The third-order valence-electron chi connectivity index (χ3n) is 2.69. The lowest BCUT2D eigenvalue weighted by atomic mass is 10.3. The van der Waals surface area contributed by atoms with Crippen LogP contribution < -0.4 is 10.6 Å². The third-order valence-corrected chi connectivity index (χ3v) is 2.69. The van der Waals surface area contributed by atoms with Crippen LogP contribution in [-0.4, -0.2) is 33.3 Å². The van der Waals surface area contributed by atoms with E-state index in [1.54, 1.807) is 17.9 Å². The van der Waals surface area contributed by atoms with Crippen LogP contribution in [0, 0.1) is 17.0 Å². The highest BCUT2D eigenvalue weighted by molar-refractivity contribution is 5.54. The lowest BCUT2D eigenvalue weighted by Crippen LogP contribution is -2.12. The number of aromatic nitrogens is 3. The van der Waals surface area contributed by atoms with Crippen molar-refractivity contribution in [2.24, 2.45) is 0 Å². The van der Waals surface area contributed by atoms with Crippen molar-refractivity contribution < 1.29 is 4.92 Å². The van der Waals surface area contributed by atoms with Crippen molar-refractivity contribution in [1.82, 2.24) is 14.8 Å². The fourth-order valence-electron chi connectivity index (χ4n) is 1.73. The largest absolute Gasteiger partial charge is 0.373 e. The number of nitrogens with zero attached hydrogens (tertiary/aromatic N) is 4. The monoisotopic (exact) mass is 276 g/mol. The van der Waals surface area contributed by atoms with Crippen molar-refractivity contribution >= 4 is 17.3 Å². The first-order valence-corrected chi connectivity index (χ1v) is 6.15. The molecule has 2 rings (SSSR count). The first-order valence-electron chi connectivity index (χ1n) is 6.15. The summed E-state index contributed by atoms with van der Waals surface area (Å²) >= 11 is 0. The molecule has 0 fully saturated rings. The average molecular weight is 276 g/mol. The van der Waals surface area contributed by atoms with Crippen LogP contribution in [0.3, 0.4) is 0 Å². The van der Waals surface area contributed by atoms with Crippen molar-refractivity contribution in [2.45, 2.75) is 13.5 Å². The third kappa shape index (κ3) is 3.44. The molecule has 0 aliphatic heterocycles. The summed E-state index contributed by atoms with van der Waals surface area (Å²) < 4.78 is 1.80. The van der Waals surface area contributed by atoms with Crippen LogP contribution in [0.15, 0.2) is 24.5 Å². The van der Waals surface area contributed by atoms with Crippen molar-refractivity contribution in [3.05, 3.63) is 40.2 Å². The molecule has 106 valence electrons. The quantitative estimate of drug-likeness (QED) is 0.615. The SMILES string of the molecule is CNc1cc([N+](=O)[O-])cc(NCCn2cc(C)cn2)n1. The molecule has 8 nitrogen and oxygen atoms in total. The predicted octanol–water partition coefficient (Wildman–Crippen LogP) is 1.65. The Balaban J connectivity index is 2.01. The second kappa shape index (κ2) is 6.00. The number of hydrogen-bond donors (Lipinski definition) is 2. The van der Waals surface area contributed by atoms with Crippen LogP contribution in [0.5, 0.6) is 0 Å². The summed E-state index contributed by atoms with van der Waals surface area (Å²) in [5, 5.41) is 20.8. The van der Waals surface area contributed by atoms with Crippen molar-refractivity contribution in [2.75, 3.05) is 24.2 Å². The molecule has 2 aromatic heterocycles. The van der Waals surface area contributed by atoms with Crippen LogP contribution >= 0.6 is 0 Å². The summed E-state index contributed by atoms with van der Waals surface area (Å²) in [6, 6.07) is 2.80. The Morgan fingerprint density at radius 2 is 2.15 bits per heavy atom. The Labute approximate surface area is 116 Å². The topological polar surface area (TPSA) is 97.9 Å². The molecule has 0 saturated heterocycles. The normalized spacial score (nSPS) is 10.3. The summed E-state index contributed by atoms with van der Waals surface area (Å²) in [5.74, 6) is 0.920. The number of nitro groups is 1. The van der Waals surface area contributed by atoms with Crippen LogP contribution in [0.4, 0.5) is 17.3 Å². The fourth-order valence-corrected chi connectivity index (χ4v) is 1.73. The molecule has 0 aliphatic carbocycles. The smallest absolute Gasteiger partial charge is 0.276 e. The number of aryl methyl sites for hydroxylation is 1. The molecule has 0 aliphatic rings. The van der Waals surface area contributed by atoms with Gasteiger partial charge < -0.3 is 10.6 Å². The highest BCUT2D eigenvalue weighted by Crippen LogP contribution is 2.20. The number of nitrogens with one attached hydrogen (secondary N) is 2. The summed E-state index contributed by atoms with van der Waals surface area (Å²) in [4.78, 5) is 14.6. The zero-order chi connectivity index (χ0) is 14.5. The maximum absolute atomic E-state index is 10.8. The van der Waals surface area contributed by atoms with Gasteiger partial charge in [0, 0.05) is 19.8 Å². The van der Waals surface area contributed by atoms with Crippen LogP contribution in [0.2, 0.25) is 0 Å². The van der Waals surface area contributed by atoms with Gasteiger partial charge in [-0.15, -0.1) is 0 Å². The molecule has 0 aromatic carbocycles. The van der Waals surface area contributed by atoms with E-state index < -0.39 is 4.92 Å². The first kappa shape index (κ1) is 13.8. The molecule has 0 radical (unpaired) electrons. The van der Waals surface area contributed by atoms with E-state index in [2.05, 4.69) is 20.7 Å². The Kier molecular flexibility index (Phi) is 4.14. The van der Waals surface area contributed by atoms with Gasteiger partial charge in [-0.2, -0.15) is 5.10 Å². The molecule has 2 N–H and O–H groups in total. The van der Waals surface area contributed by atoms with Gasteiger partial charge in [-0.3, -0.25) is 14.8 Å². The molecule has 0 saturated carbocycles. The van der Waals surface area contributed by atoms with Crippen molar-refractivity contribution in [1.29, 1.82) is 0 Å². The maximum atomic E-state index is 10.8. The Morgan fingerprint density at radius 3 is 2.75 bits per heavy atom. The Bertz CT molecular complexity index is 610. The molecular weight excluding hydrogens is 260 g/mol. The molecular formula is C12H16N6O2. The van der Waals surface area contributed by atoms with Crippen molar-refractivity contribution in [3.63, 3.8) is 0 Å². The highest BCUT2D eigenvalue weighted by atomic mass is 16.6. The van der Waals surface area contributed by atoms with Gasteiger partial charge in [0.25, 0.3) is 5.69 Å². The number of rotatable bonds is 6. The van der Waals surface area contributed by atoms with E-state index in [1.807, 2.05) is 13.1 Å². The predicted molar refractivity (Wildman–Crippen MR) is 75.9 cm³/mol. The van der Waals surface area contributed by atoms with Crippen LogP contribution in [0.1, 0.15) is 5.56 Å². The highest BCUT2D eigenvalue weighted by Gasteiger charge is 2.10. The zero-order valence-electron chi connectivity index (χ0n) is 11.3. The van der Waals surface area contributed by atoms with Crippen LogP contribution in [-0.2, 0) is 6.54 Å². The van der Waals surface area contributed by atoms with Gasteiger partial charge in [0.05, 0.1) is 29.8 Å². The molecule has 0 unspecified atom stereocenters. The molecule has 0 spiro atoms. The molecule has 0 amide bonds. The van der Waals surface area contributed by atoms with E-state index >= 15 is 0 Å². The van der Waals surface area contributed by atoms with Gasteiger partial charge in [0.1, 0.15) is 11.6 Å². The molecule has 2 heterocycles. The van der Waals surface area contributed by atoms with Gasteiger partial charge in [0.2, 0.25) is 0 Å². The van der Waals surface area contributed by atoms with E-state index in [0.717, 1.165) is 5.56 Å². The van der Waals surface area contributed by atoms with E-state index in [1.165, 1.54) is 12.1 Å². The summed E-state index contributed by atoms with van der Waals surface area (Å²) in [6.45, 7) is 3.21. The number of anilines is 2. The average Bonchev–Trinajstić information content (AvgIpc) is 2.84. The second-order valence-corrected chi connectivity index (χ2v) is 4.31. The fraction of sp³-hybridized carbons (Fsp3) is 0.333. The van der Waals surface area contributed by atoms with E-state index in [9.17, 15) is 10.1 Å². The molecule has 8 heteroatoms. The van der Waals surface area contributed by atoms with Crippen molar-refractivity contribution in [3.8, 4) is 0 Å². The van der Waals surface area contributed by atoms with E-state index in [-0.39, 0.29) is 5.69 Å². The van der Waals surface area contributed by atoms with Gasteiger partial charge in [0.15, 0.2) is 0 Å². The molecule has 0 bridgehead atoms. The van der Waals surface area contributed by atoms with Gasteiger partial charge in [-0.25, -0.2) is 4.98 Å². The minimum Gasteiger partial charge on any atom is -0.373 e. The summed E-state index contributed by atoms with van der Waals surface area (Å²) in [7, 11) is 1.67. The minimum atomic E-state index is -0.440. The first-order chi connectivity index (χ1) is 9.58. The Hall–Kier alpha value is -2.64. The lowest BCUT2D eigenvalue weighted by molar-refractivity contribution is -0.384. The molecule has 0 atom stereocenters. The summed E-state index contributed by atoms with van der Waals surface area (Å²) in [6.07, 6.45) is 3.71. The van der Waals surface area contributed by atoms with Gasteiger partial charge >= 0.3 is 0 Å². The number of hydrogen-bond acceptors (Lipinski definition) is 6.